The molecular formula is C11H14N4O2. The summed E-state index contributed by atoms with van der Waals surface area (Å²) >= 11 is 0. The zero-order chi connectivity index (χ0) is 11.8. The van der Waals surface area contributed by atoms with Gasteiger partial charge in [-0.25, -0.2) is 4.63 Å². The van der Waals surface area contributed by atoms with Gasteiger partial charge in [0.25, 0.3) is 0 Å². The Morgan fingerprint density at radius 2 is 1.94 bits per heavy atom. The molecule has 0 spiro atoms. The predicted molar refractivity (Wildman–Crippen MR) is 64.0 cm³/mol. The van der Waals surface area contributed by atoms with E-state index < -0.39 is 0 Å². The number of nitrogens with two attached hydrogens (primary N) is 1. The second-order valence-electron chi connectivity index (χ2n) is 4.19. The Labute approximate surface area is 98.3 Å². The van der Waals surface area contributed by atoms with E-state index in [0.717, 1.165) is 43.1 Å². The first-order valence-electron chi connectivity index (χ1n) is 5.61. The summed E-state index contributed by atoms with van der Waals surface area (Å²) in [6.45, 7) is 5.14. The summed E-state index contributed by atoms with van der Waals surface area (Å²) in [5.41, 5.74) is 9.99. The molecule has 2 heterocycles. The lowest BCUT2D eigenvalue weighted by Gasteiger charge is -2.29. The van der Waals surface area contributed by atoms with Crippen LogP contribution in [0.25, 0.3) is 11.0 Å². The van der Waals surface area contributed by atoms with Crippen LogP contribution in [0.5, 0.6) is 0 Å². The van der Waals surface area contributed by atoms with Crippen molar-refractivity contribution in [1.29, 1.82) is 0 Å². The lowest BCUT2D eigenvalue weighted by molar-refractivity contribution is 0.123. The van der Waals surface area contributed by atoms with Crippen molar-refractivity contribution in [2.45, 2.75) is 6.92 Å². The lowest BCUT2D eigenvalue weighted by Crippen LogP contribution is -2.36. The van der Waals surface area contributed by atoms with Crippen LogP contribution < -0.4 is 10.6 Å². The number of ether oxygens (including phenoxy) is 1. The molecule has 90 valence electrons. The van der Waals surface area contributed by atoms with Crippen molar-refractivity contribution in [3.05, 3.63) is 11.6 Å². The van der Waals surface area contributed by atoms with Gasteiger partial charge >= 0.3 is 0 Å². The number of benzene rings is 1. The van der Waals surface area contributed by atoms with E-state index in [2.05, 4.69) is 15.2 Å². The maximum atomic E-state index is 5.96. The monoisotopic (exact) mass is 234 g/mol. The van der Waals surface area contributed by atoms with Gasteiger partial charge in [0, 0.05) is 13.1 Å². The molecule has 17 heavy (non-hydrogen) atoms. The van der Waals surface area contributed by atoms with Gasteiger partial charge in [0.15, 0.2) is 11.0 Å². The van der Waals surface area contributed by atoms with Crippen LogP contribution in [0.1, 0.15) is 5.56 Å². The maximum absolute atomic E-state index is 5.96. The van der Waals surface area contributed by atoms with Crippen molar-refractivity contribution in [1.82, 2.24) is 10.3 Å². The summed E-state index contributed by atoms with van der Waals surface area (Å²) in [6.07, 6.45) is 0. The van der Waals surface area contributed by atoms with Gasteiger partial charge in [-0.15, -0.1) is 0 Å². The van der Waals surface area contributed by atoms with Crippen LogP contribution in [0.2, 0.25) is 0 Å². The number of rotatable bonds is 1. The third-order valence-corrected chi connectivity index (χ3v) is 3.12. The van der Waals surface area contributed by atoms with Crippen molar-refractivity contribution >= 4 is 22.4 Å². The predicted octanol–water partition coefficient (Wildman–Crippen LogP) is 0.950. The van der Waals surface area contributed by atoms with E-state index >= 15 is 0 Å². The Morgan fingerprint density at radius 3 is 2.71 bits per heavy atom. The van der Waals surface area contributed by atoms with Gasteiger partial charge in [0.1, 0.15) is 0 Å². The fourth-order valence-electron chi connectivity index (χ4n) is 2.12. The highest BCUT2D eigenvalue weighted by Gasteiger charge is 2.19. The first kappa shape index (κ1) is 10.3. The van der Waals surface area contributed by atoms with E-state index in [9.17, 15) is 0 Å². The second-order valence-corrected chi connectivity index (χ2v) is 4.19. The number of aromatic nitrogens is 2. The normalized spacial score (nSPS) is 16.6. The minimum Gasteiger partial charge on any atom is -0.397 e. The number of anilines is 2. The highest BCUT2D eigenvalue weighted by molar-refractivity contribution is 5.97. The molecule has 0 saturated carbocycles. The van der Waals surface area contributed by atoms with Crippen LogP contribution in [-0.4, -0.2) is 36.6 Å². The zero-order valence-corrected chi connectivity index (χ0v) is 9.64. The number of fused-ring (bicyclic) bond motifs is 1. The van der Waals surface area contributed by atoms with Crippen LogP contribution in [0.3, 0.4) is 0 Å². The van der Waals surface area contributed by atoms with E-state index in [1.165, 1.54) is 0 Å². The number of morpholine rings is 1. The van der Waals surface area contributed by atoms with Gasteiger partial charge < -0.3 is 15.4 Å². The molecule has 1 saturated heterocycles. The van der Waals surface area contributed by atoms with Gasteiger partial charge in [0.05, 0.1) is 24.6 Å². The summed E-state index contributed by atoms with van der Waals surface area (Å²) in [6, 6.07) is 2.03. The fraction of sp³-hybridized carbons (Fsp3) is 0.455. The molecule has 1 aliphatic rings. The average Bonchev–Trinajstić information content (AvgIpc) is 2.84. The van der Waals surface area contributed by atoms with E-state index in [1.807, 2.05) is 13.0 Å². The second kappa shape index (κ2) is 3.89. The Kier molecular flexibility index (Phi) is 2.36. The molecule has 0 amide bonds. The van der Waals surface area contributed by atoms with Crippen LogP contribution >= 0.6 is 0 Å². The molecule has 0 atom stereocenters. The molecular weight excluding hydrogens is 220 g/mol. The van der Waals surface area contributed by atoms with Crippen molar-refractivity contribution < 1.29 is 9.37 Å². The number of hydrogen-bond donors (Lipinski definition) is 1. The quantitative estimate of drug-likeness (QED) is 0.740. The summed E-state index contributed by atoms with van der Waals surface area (Å²) < 4.78 is 10.1. The SMILES string of the molecule is Cc1cc(N2CCOCC2)c2nonc2c1N. The number of hydrogen-bond acceptors (Lipinski definition) is 6. The highest BCUT2D eigenvalue weighted by atomic mass is 16.6. The first-order chi connectivity index (χ1) is 8.27. The molecule has 1 aliphatic heterocycles. The molecule has 3 rings (SSSR count). The van der Waals surface area contributed by atoms with Gasteiger partial charge in [-0.3, -0.25) is 0 Å². The fourth-order valence-corrected chi connectivity index (χ4v) is 2.12. The highest BCUT2D eigenvalue weighted by Crippen LogP contribution is 2.31. The molecule has 6 nitrogen and oxygen atoms in total. The van der Waals surface area contributed by atoms with Crippen LogP contribution in [-0.2, 0) is 4.74 Å². The molecule has 2 N–H and O–H groups in total. The topological polar surface area (TPSA) is 77.4 Å². The Morgan fingerprint density at radius 1 is 1.24 bits per heavy atom. The molecule has 0 aliphatic carbocycles. The molecule has 6 heteroatoms. The van der Waals surface area contributed by atoms with Gasteiger partial charge in [-0.05, 0) is 28.9 Å². The molecule has 1 aromatic carbocycles. The molecule has 0 unspecified atom stereocenters. The lowest BCUT2D eigenvalue weighted by atomic mass is 10.1. The Bertz CT molecular complexity index is 546. The van der Waals surface area contributed by atoms with Gasteiger partial charge in [0.2, 0.25) is 0 Å². The van der Waals surface area contributed by atoms with Crippen LogP contribution in [0.15, 0.2) is 10.7 Å². The smallest absolute Gasteiger partial charge is 0.160 e. The summed E-state index contributed by atoms with van der Waals surface area (Å²) in [5.74, 6) is 0. The zero-order valence-electron chi connectivity index (χ0n) is 9.64. The van der Waals surface area contributed by atoms with Crippen molar-refractivity contribution in [2.24, 2.45) is 0 Å². The van der Waals surface area contributed by atoms with E-state index in [-0.39, 0.29) is 0 Å². The van der Waals surface area contributed by atoms with Crippen molar-refractivity contribution in [3.8, 4) is 0 Å². The van der Waals surface area contributed by atoms with Gasteiger partial charge in [-0.2, -0.15) is 0 Å². The minimum atomic E-state index is 0.637. The minimum absolute atomic E-state index is 0.637. The summed E-state index contributed by atoms with van der Waals surface area (Å²) in [7, 11) is 0. The molecule has 0 bridgehead atoms. The largest absolute Gasteiger partial charge is 0.397 e. The van der Waals surface area contributed by atoms with Crippen molar-refractivity contribution in [3.63, 3.8) is 0 Å². The Hall–Kier alpha value is -1.82. The molecule has 1 fully saturated rings. The third kappa shape index (κ3) is 1.61. The standard InChI is InChI=1S/C11H14N4O2/c1-7-6-8(15-2-4-16-5-3-15)10-11(9(7)12)14-17-13-10/h6H,2-5,12H2,1H3. The molecule has 2 aromatic rings. The molecule has 0 radical (unpaired) electrons. The number of nitrogens with zero attached hydrogens (tertiary/aromatic N) is 3. The first-order valence-corrected chi connectivity index (χ1v) is 5.61. The van der Waals surface area contributed by atoms with E-state index in [0.29, 0.717) is 11.2 Å². The number of nitrogen functional groups attached to an aromatic ring is 1. The molecule has 1 aromatic heterocycles. The van der Waals surface area contributed by atoms with Gasteiger partial charge in [-0.1, -0.05) is 0 Å². The van der Waals surface area contributed by atoms with Crippen molar-refractivity contribution in [2.75, 3.05) is 36.9 Å². The number of aryl methyl sites for hydroxylation is 1. The van der Waals surface area contributed by atoms with Crippen LogP contribution in [0, 0.1) is 6.92 Å². The summed E-state index contributed by atoms with van der Waals surface area (Å²) in [5, 5.41) is 7.81. The summed E-state index contributed by atoms with van der Waals surface area (Å²) in [4.78, 5) is 2.22. The van der Waals surface area contributed by atoms with Crippen LogP contribution in [0.4, 0.5) is 11.4 Å². The van der Waals surface area contributed by atoms with E-state index in [4.69, 9.17) is 15.1 Å². The third-order valence-electron chi connectivity index (χ3n) is 3.12. The van der Waals surface area contributed by atoms with E-state index in [1.54, 1.807) is 0 Å². The average molecular weight is 234 g/mol. The maximum Gasteiger partial charge on any atom is 0.160 e. The Balaban J connectivity index is 2.14.